The Kier molecular flexibility index (Phi) is 4.92. The second-order valence-electron chi connectivity index (χ2n) is 3.61. The van der Waals surface area contributed by atoms with Gasteiger partial charge in [-0.1, -0.05) is 0 Å². The van der Waals surface area contributed by atoms with Crippen molar-refractivity contribution in [1.29, 1.82) is 0 Å². The molecule has 0 aliphatic rings. The number of aliphatic hydroxyl groups excluding tert-OH is 1. The number of likely N-dealkylation sites (N-methyl/N-ethyl adjacent to an activating group) is 1. The Labute approximate surface area is 100 Å². The van der Waals surface area contributed by atoms with E-state index in [2.05, 4.69) is 9.97 Å². The molecule has 0 amide bonds. The van der Waals surface area contributed by atoms with Gasteiger partial charge in [-0.2, -0.15) is 0 Å². The highest BCUT2D eigenvalue weighted by atomic mass is 16.5. The summed E-state index contributed by atoms with van der Waals surface area (Å²) in [5, 5.41) is 9.63. The van der Waals surface area contributed by atoms with Crippen molar-refractivity contribution in [2.24, 2.45) is 0 Å². The number of aromatic nitrogens is 2. The number of ether oxygens (including phenoxy) is 2. The minimum absolute atomic E-state index is 0.257. The Morgan fingerprint density at radius 3 is 2.76 bits per heavy atom. The van der Waals surface area contributed by atoms with Crippen LogP contribution in [0.3, 0.4) is 0 Å². The molecule has 0 aliphatic heterocycles. The van der Waals surface area contributed by atoms with Gasteiger partial charge in [0.2, 0.25) is 5.75 Å². The summed E-state index contributed by atoms with van der Waals surface area (Å²) in [5.41, 5.74) is 5.67. The summed E-state index contributed by atoms with van der Waals surface area (Å²) in [6, 6.07) is 0. The maximum Gasteiger partial charge on any atom is 0.204 e. The number of hydrogen-bond acceptors (Lipinski definition) is 7. The molecule has 0 saturated carbocycles. The fourth-order valence-corrected chi connectivity index (χ4v) is 1.49. The first-order valence-corrected chi connectivity index (χ1v) is 5.12. The SMILES string of the molecule is COCC(O)CN(C)c1ncnc(N)c1OC. The molecule has 1 atom stereocenters. The number of nitrogen functional groups attached to an aromatic ring is 1. The number of anilines is 2. The number of aliphatic hydroxyl groups is 1. The zero-order valence-electron chi connectivity index (χ0n) is 10.3. The highest BCUT2D eigenvalue weighted by molar-refractivity contribution is 5.62. The van der Waals surface area contributed by atoms with Crippen molar-refractivity contribution in [1.82, 2.24) is 9.97 Å². The highest BCUT2D eigenvalue weighted by Gasteiger charge is 2.16. The van der Waals surface area contributed by atoms with Crippen LogP contribution in [0.25, 0.3) is 0 Å². The maximum atomic E-state index is 9.63. The molecule has 0 fully saturated rings. The zero-order valence-corrected chi connectivity index (χ0v) is 10.3. The van der Waals surface area contributed by atoms with Crippen LogP contribution in [-0.2, 0) is 4.74 Å². The lowest BCUT2D eigenvalue weighted by molar-refractivity contribution is 0.0693. The second kappa shape index (κ2) is 6.21. The van der Waals surface area contributed by atoms with Crippen molar-refractivity contribution in [3.05, 3.63) is 6.33 Å². The number of nitrogens with two attached hydrogens (primary N) is 1. The molecule has 1 aromatic heterocycles. The minimum atomic E-state index is -0.606. The third-order valence-electron chi connectivity index (χ3n) is 2.22. The number of nitrogens with zero attached hydrogens (tertiary/aromatic N) is 3. The summed E-state index contributed by atoms with van der Waals surface area (Å²) < 4.78 is 9.99. The molecule has 7 nitrogen and oxygen atoms in total. The van der Waals surface area contributed by atoms with Crippen molar-refractivity contribution in [3.8, 4) is 5.75 Å². The Morgan fingerprint density at radius 2 is 2.18 bits per heavy atom. The highest BCUT2D eigenvalue weighted by Crippen LogP contribution is 2.28. The lowest BCUT2D eigenvalue weighted by Crippen LogP contribution is -2.32. The predicted molar refractivity (Wildman–Crippen MR) is 64.1 cm³/mol. The van der Waals surface area contributed by atoms with E-state index in [-0.39, 0.29) is 12.4 Å². The summed E-state index contributed by atoms with van der Waals surface area (Å²) in [4.78, 5) is 9.65. The Hall–Kier alpha value is -1.60. The van der Waals surface area contributed by atoms with Crippen LogP contribution in [0.15, 0.2) is 6.33 Å². The topological polar surface area (TPSA) is 93.7 Å². The van der Waals surface area contributed by atoms with E-state index in [9.17, 15) is 5.11 Å². The molecule has 0 bridgehead atoms. The summed E-state index contributed by atoms with van der Waals surface area (Å²) >= 11 is 0. The molecule has 7 heteroatoms. The van der Waals surface area contributed by atoms with E-state index in [1.165, 1.54) is 20.5 Å². The molecule has 0 saturated heterocycles. The van der Waals surface area contributed by atoms with E-state index in [1.807, 2.05) is 0 Å². The van der Waals surface area contributed by atoms with Gasteiger partial charge >= 0.3 is 0 Å². The average Bonchev–Trinajstić information content (AvgIpc) is 2.28. The molecule has 1 aromatic rings. The monoisotopic (exact) mass is 242 g/mol. The van der Waals surface area contributed by atoms with Gasteiger partial charge in [0.05, 0.1) is 19.8 Å². The van der Waals surface area contributed by atoms with Crippen LogP contribution in [0.4, 0.5) is 11.6 Å². The van der Waals surface area contributed by atoms with Crippen molar-refractivity contribution >= 4 is 11.6 Å². The molecule has 1 heterocycles. The third kappa shape index (κ3) is 3.43. The second-order valence-corrected chi connectivity index (χ2v) is 3.61. The van der Waals surface area contributed by atoms with Gasteiger partial charge < -0.3 is 25.2 Å². The van der Waals surface area contributed by atoms with Gasteiger partial charge in [0.25, 0.3) is 0 Å². The molecule has 3 N–H and O–H groups in total. The molecule has 0 radical (unpaired) electrons. The molecule has 0 spiro atoms. The molecule has 1 rings (SSSR count). The van der Waals surface area contributed by atoms with Crippen molar-refractivity contribution in [3.63, 3.8) is 0 Å². The van der Waals surface area contributed by atoms with Gasteiger partial charge in [0.15, 0.2) is 11.6 Å². The van der Waals surface area contributed by atoms with Crippen LogP contribution < -0.4 is 15.4 Å². The summed E-state index contributed by atoms with van der Waals surface area (Å²) in [6.45, 7) is 0.619. The quantitative estimate of drug-likeness (QED) is 0.695. The van der Waals surface area contributed by atoms with Crippen LogP contribution in [-0.4, -0.2) is 55.6 Å². The van der Waals surface area contributed by atoms with Crippen LogP contribution in [0, 0.1) is 0 Å². The molecular formula is C10H18N4O3. The molecule has 17 heavy (non-hydrogen) atoms. The lowest BCUT2D eigenvalue weighted by Gasteiger charge is -2.23. The molecule has 0 aliphatic carbocycles. The summed E-state index contributed by atoms with van der Waals surface area (Å²) in [6.07, 6.45) is 0.748. The Balaban J connectivity index is 2.81. The van der Waals surface area contributed by atoms with Gasteiger partial charge in [-0.05, 0) is 0 Å². The van der Waals surface area contributed by atoms with E-state index >= 15 is 0 Å². The van der Waals surface area contributed by atoms with Gasteiger partial charge in [0, 0.05) is 20.7 Å². The predicted octanol–water partition coefficient (Wildman–Crippen LogP) is -0.489. The van der Waals surface area contributed by atoms with Crippen LogP contribution in [0.1, 0.15) is 0 Å². The van der Waals surface area contributed by atoms with E-state index in [0.29, 0.717) is 18.1 Å². The van der Waals surface area contributed by atoms with Crippen LogP contribution in [0.5, 0.6) is 5.75 Å². The summed E-state index contributed by atoms with van der Waals surface area (Å²) in [7, 11) is 4.81. The van der Waals surface area contributed by atoms with E-state index in [4.69, 9.17) is 15.2 Å². The first-order valence-electron chi connectivity index (χ1n) is 5.12. The average molecular weight is 242 g/mol. The Bertz CT molecular complexity index is 361. The standard InChI is InChI=1S/C10H18N4O3/c1-14(4-7(15)5-16-2)10-8(17-3)9(11)12-6-13-10/h6-7,15H,4-5H2,1-3H3,(H2,11,12,13). The fourth-order valence-electron chi connectivity index (χ4n) is 1.49. The number of rotatable bonds is 6. The van der Waals surface area contributed by atoms with Crippen LogP contribution in [0.2, 0.25) is 0 Å². The van der Waals surface area contributed by atoms with Crippen molar-refractivity contribution < 1.29 is 14.6 Å². The number of methoxy groups -OCH3 is 2. The smallest absolute Gasteiger partial charge is 0.204 e. The normalized spacial score (nSPS) is 12.2. The first-order chi connectivity index (χ1) is 8.10. The lowest BCUT2D eigenvalue weighted by atomic mass is 10.3. The maximum absolute atomic E-state index is 9.63. The largest absolute Gasteiger partial charge is 0.490 e. The van der Waals surface area contributed by atoms with Crippen molar-refractivity contribution in [2.45, 2.75) is 6.10 Å². The van der Waals surface area contributed by atoms with Crippen LogP contribution >= 0.6 is 0 Å². The van der Waals surface area contributed by atoms with E-state index < -0.39 is 6.10 Å². The molecule has 0 aromatic carbocycles. The van der Waals surface area contributed by atoms with Gasteiger partial charge in [-0.3, -0.25) is 0 Å². The first kappa shape index (κ1) is 13.5. The number of hydrogen-bond donors (Lipinski definition) is 2. The molecule has 1 unspecified atom stereocenters. The fraction of sp³-hybridized carbons (Fsp3) is 0.600. The molecule has 96 valence electrons. The van der Waals surface area contributed by atoms with E-state index in [1.54, 1.807) is 11.9 Å². The van der Waals surface area contributed by atoms with Gasteiger partial charge in [-0.25, -0.2) is 9.97 Å². The Morgan fingerprint density at radius 1 is 1.47 bits per heavy atom. The van der Waals surface area contributed by atoms with Crippen molar-refractivity contribution in [2.75, 3.05) is 45.1 Å². The minimum Gasteiger partial charge on any atom is -0.490 e. The van der Waals surface area contributed by atoms with E-state index in [0.717, 1.165) is 0 Å². The molecular weight excluding hydrogens is 224 g/mol. The van der Waals surface area contributed by atoms with Gasteiger partial charge in [0.1, 0.15) is 6.33 Å². The van der Waals surface area contributed by atoms with Gasteiger partial charge in [-0.15, -0.1) is 0 Å². The zero-order chi connectivity index (χ0) is 12.8. The summed E-state index contributed by atoms with van der Waals surface area (Å²) in [5.74, 6) is 1.21. The third-order valence-corrected chi connectivity index (χ3v) is 2.22.